The van der Waals surface area contributed by atoms with E-state index in [0.29, 0.717) is 29.1 Å². The Labute approximate surface area is 227 Å². The molecule has 0 atom stereocenters. The molecule has 2 N–H and O–H groups in total. The van der Waals surface area contributed by atoms with Crippen molar-refractivity contribution in [2.45, 2.75) is 39.7 Å². The van der Waals surface area contributed by atoms with Crippen molar-refractivity contribution < 1.29 is 17.9 Å². The van der Waals surface area contributed by atoms with E-state index >= 15 is 0 Å². The van der Waals surface area contributed by atoms with Gasteiger partial charge in [-0.3, -0.25) is 14.9 Å². The maximum atomic E-state index is 13.3. The molecule has 5 aromatic rings. The van der Waals surface area contributed by atoms with Crippen molar-refractivity contribution in [3.8, 4) is 17.0 Å². The third-order valence-electron chi connectivity index (χ3n) is 6.68. The molecule has 0 radical (unpaired) electrons. The number of H-pyrrole nitrogens is 1. The molecule has 206 valence electrons. The molecule has 0 spiro atoms. The van der Waals surface area contributed by atoms with Crippen molar-refractivity contribution in [2.75, 3.05) is 7.05 Å². The summed E-state index contributed by atoms with van der Waals surface area (Å²) in [5.74, 6) is 0.544. The molecule has 0 saturated heterocycles. The minimum atomic E-state index is -4.74. The van der Waals surface area contributed by atoms with E-state index in [1.165, 1.54) is 12.3 Å². The molecule has 8 nitrogen and oxygen atoms in total. The Morgan fingerprint density at radius 3 is 2.73 bits per heavy atom. The number of aromatic amines is 1. The first-order valence-corrected chi connectivity index (χ1v) is 12.6. The van der Waals surface area contributed by atoms with Gasteiger partial charge in [-0.15, -0.1) is 0 Å². The SMILES string of the molecule is CNCc1cn[nH]c1-c1cc(C)nc2c(OCc3c(C)ccnc3Cn3cccc(C(F)(F)F)c3=O)cccc12. The number of pyridine rings is 3. The van der Waals surface area contributed by atoms with Crippen LogP contribution in [-0.2, 0) is 25.9 Å². The predicted octanol–water partition coefficient (Wildman–Crippen LogP) is 5.16. The van der Waals surface area contributed by atoms with Crippen molar-refractivity contribution in [1.29, 1.82) is 0 Å². The van der Waals surface area contributed by atoms with Gasteiger partial charge in [0.25, 0.3) is 5.56 Å². The van der Waals surface area contributed by atoms with Crippen LogP contribution >= 0.6 is 0 Å². The van der Waals surface area contributed by atoms with E-state index < -0.39 is 17.3 Å². The first kappa shape index (κ1) is 27.1. The topological polar surface area (TPSA) is 97.7 Å². The normalized spacial score (nSPS) is 11.8. The van der Waals surface area contributed by atoms with Crippen LogP contribution in [0.4, 0.5) is 13.2 Å². The number of halogens is 3. The summed E-state index contributed by atoms with van der Waals surface area (Å²) in [7, 11) is 1.87. The van der Waals surface area contributed by atoms with Crippen molar-refractivity contribution in [3.63, 3.8) is 0 Å². The number of aryl methyl sites for hydroxylation is 2. The fourth-order valence-electron chi connectivity index (χ4n) is 4.71. The summed E-state index contributed by atoms with van der Waals surface area (Å²) in [5, 5.41) is 11.3. The minimum Gasteiger partial charge on any atom is -0.487 e. The van der Waals surface area contributed by atoms with E-state index in [2.05, 4.69) is 20.5 Å². The fraction of sp³-hybridized carbons (Fsp3) is 0.241. The summed E-state index contributed by atoms with van der Waals surface area (Å²) < 4.78 is 47.2. The molecule has 0 aliphatic rings. The smallest absolute Gasteiger partial charge is 0.421 e. The van der Waals surface area contributed by atoms with Crippen LogP contribution in [0.3, 0.4) is 0 Å². The number of alkyl halides is 3. The Morgan fingerprint density at radius 1 is 1.12 bits per heavy atom. The van der Waals surface area contributed by atoms with Crippen LogP contribution in [0.5, 0.6) is 5.75 Å². The molecule has 0 bridgehead atoms. The first-order valence-electron chi connectivity index (χ1n) is 12.6. The zero-order valence-corrected chi connectivity index (χ0v) is 22.1. The van der Waals surface area contributed by atoms with E-state index in [0.717, 1.165) is 44.1 Å². The average Bonchev–Trinajstić information content (AvgIpc) is 3.37. The summed E-state index contributed by atoms with van der Waals surface area (Å²) in [6.45, 7) is 4.37. The predicted molar refractivity (Wildman–Crippen MR) is 145 cm³/mol. The lowest BCUT2D eigenvalue weighted by Crippen LogP contribution is -2.29. The van der Waals surface area contributed by atoms with Crippen LogP contribution in [0.2, 0.25) is 0 Å². The zero-order chi connectivity index (χ0) is 28.4. The van der Waals surface area contributed by atoms with Crippen LogP contribution in [0.1, 0.15) is 33.6 Å². The second kappa shape index (κ2) is 10.9. The fourth-order valence-corrected chi connectivity index (χ4v) is 4.71. The summed E-state index contributed by atoms with van der Waals surface area (Å²) in [6.07, 6.45) is -0.0668. The number of hydrogen-bond donors (Lipinski definition) is 2. The van der Waals surface area contributed by atoms with Gasteiger partial charge in [0.05, 0.1) is 24.1 Å². The quantitative estimate of drug-likeness (QED) is 0.278. The molecule has 0 amide bonds. The van der Waals surface area contributed by atoms with Crippen molar-refractivity contribution in [1.82, 2.24) is 30.0 Å². The van der Waals surface area contributed by atoms with Gasteiger partial charge >= 0.3 is 6.18 Å². The summed E-state index contributed by atoms with van der Waals surface area (Å²) in [6, 6.07) is 11.4. The van der Waals surface area contributed by atoms with Crippen LogP contribution in [0, 0.1) is 13.8 Å². The van der Waals surface area contributed by atoms with E-state index in [9.17, 15) is 18.0 Å². The highest BCUT2D eigenvalue weighted by atomic mass is 19.4. The Morgan fingerprint density at radius 2 is 1.95 bits per heavy atom. The highest BCUT2D eigenvalue weighted by Gasteiger charge is 2.34. The van der Waals surface area contributed by atoms with E-state index in [4.69, 9.17) is 9.72 Å². The number of aromatic nitrogens is 5. The largest absolute Gasteiger partial charge is 0.487 e. The molecular formula is C29H27F3N6O2. The van der Waals surface area contributed by atoms with E-state index in [1.807, 2.05) is 45.2 Å². The number of nitrogens with one attached hydrogen (secondary N) is 2. The first-order chi connectivity index (χ1) is 19.2. The van der Waals surface area contributed by atoms with Gasteiger partial charge in [0.2, 0.25) is 0 Å². The molecule has 0 fully saturated rings. The van der Waals surface area contributed by atoms with Gasteiger partial charge in [0.15, 0.2) is 0 Å². The second-order valence-corrected chi connectivity index (χ2v) is 9.46. The monoisotopic (exact) mass is 548 g/mol. The van der Waals surface area contributed by atoms with Gasteiger partial charge in [-0.05, 0) is 56.8 Å². The number of fused-ring (bicyclic) bond motifs is 1. The number of nitrogens with zero attached hydrogens (tertiary/aromatic N) is 4. The molecule has 40 heavy (non-hydrogen) atoms. The lowest BCUT2D eigenvalue weighted by Gasteiger charge is -2.16. The Bertz CT molecular complexity index is 1740. The summed E-state index contributed by atoms with van der Waals surface area (Å²) in [5.41, 5.74) is 3.93. The minimum absolute atomic E-state index is 0.0852. The molecule has 1 aromatic carbocycles. The van der Waals surface area contributed by atoms with E-state index in [1.54, 1.807) is 18.5 Å². The molecule has 4 heterocycles. The second-order valence-electron chi connectivity index (χ2n) is 9.46. The lowest BCUT2D eigenvalue weighted by molar-refractivity contribution is -0.138. The average molecular weight is 549 g/mol. The third kappa shape index (κ3) is 5.32. The molecule has 0 saturated carbocycles. The third-order valence-corrected chi connectivity index (χ3v) is 6.68. The summed E-state index contributed by atoms with van der Waals surface area (Å²) >= 11 is 0. The number of rotatable bonds is 8. The number of ether oxygens (including phenoxy) is 1. The number of para-hydroxylation sites is 1. The van der Waals surface area contributed by atoms with Crippen LogP contribution in [-0.4, -0.2) is 31.8 Å². The van der Waals surface area contributed by atoms with Crippen LogP contribution in [0.25, 0.3) is 22.2 Å². The van der Waals surface area contributed by atoms with Crippen LogP contribution < -0.4 is 15.6 Å². The molecule has 4 aromatic heterocycles. The molecule has 0 aliphatic carbocycles. The summed E-state index contributed by atoms with van der Waals surface area (Å²) in [4.78, 5) is 21.7. The number of hydrogen-bond acceptors (Lipinski definition) is 6. The van der Waals surface area contributed by atoms with Gasteiger partial charge < -0.3 is 14.6 Å². The molecule has 5 rings (SSSR count). The van der Waals surface area contributed by atoms with Gasteiger partial charge in [0.1, 0.15) is 23.4 Å². The van der Waals surface area contributed by atoms with Gasteiger partial charge in [-0.2, -0.15) is 18.3 Å². The Balaban J connectivity index is 1.49. The Hall–Kier alpha value is -4.51. The maximum Gasteiger partial charge on any atom is 0.421 e. The lowest BCUT2D eigenvalue weighted by atomic mass is 10.0. The standard InChI is InChI=1S/C29H27F3N6O2/c1-17-9-10-34-24(15-38-11-5-7-23(28(38)39)29(30,31)32)22(17)16-40-25-8-4-6-20-21(12-18(2)36-27(20)25)26-19(13-33-3)14-35-37-26/h4-12,14,33H,13,15-16H2,1-3H3,(H,35,37). The maximum absolute atomic E-state index is 13.3. The van der Waals surface area contributed by atoms with Crippen molar-refractivity contribution in [3.05, 3.63) is 105 Å². The molecule has 0 aliphatic heterocycles. The van der Waals surface area contributed by atoms with E-state index in [-0.39, 0.29) is 13.2 Å². The highest BCUT2D eigenvalue weighted by molar-refractivity contribution is 5.97. The highest BCUT2D eigenvalue weighted by Crippen LogP contribution is 2.34. The van der Waals surface area contributed by atoms with Gasteiger partial charge in [-0.1, -0.05) is 12.1 Å². The van der Waals surface area contributed by atoms with Gasteiger partial charge in [0, 0.05) is 46.7 Å². The number of benzene rings is 1. The zero-order valence-electron chi connectivity index (χ0n) is 22.1. The van der Waals surface area contributed by atoms with Gasteiger partial charge in [-0.25, -0.2) is 4.98 Å². The molecule has 0 unspecified atom stereocenters. The van der Waals surface area contributed by atoms with Crippen LogP contribution in [0.15, 0.2) is 65.8 Å². The molecule has 11 heteroatoms. The van der Waals surface area contributed by atoms with Crippen molar-refractivity contribution >= 4 is 10.9 Å². The molecular weight excluding hydrogens is 521 g/mol. The Kier molecular flexibility index (Phi) is 7.40. The van der Waals surface area contributed by atoms with Crippen molar-refractivity contribution in [2.24, 2.45) is 0 Å².